The van der Waals surface area contributed by atoms with Crippen molar-refractivity contribution in [2.24, 2.45) is 0 Å². The number of hydrogen-bond acceptors (Lipinski definition) is 2. The summed E-state index contributed by atoms with van der Waals surface area (Å²) in [5.74, 6) is 0. The maximum Gasteiger partial charge on any atom is 0.136 e. The van der Waals surface area contributed by atoms with E-state index in [0.29, 0.717) is 0 Å². The van der Waals surface area contributed by atoms with E-state index in [4.69, 9.17) is 4.42 Å². The Bertz CT molecular complexity index is 4180. The highest BCUT2D eigenvalue weighted by molar-refractivity contribution is 6.38. The topological polar surface area (TPSA) is 16.4 Å². The van der Waals surface area contributed by atoms with Crippen LogP contribution in [0.4, 0.5) is 17.1 Å². The molecule has 14 rings (SSSR count). The number of nitrogens with zero attached hydrogens (tertiary/aromatic N) is 1. The Morgan fingerprint density at radius 2 is 0.667 bits per heavy atom. The molecule has 0 N–H and O–H groups in total. The summed E-state index contributed by atoms with van der Waals surface area (Å²) >= 11 is 0. The van der Waals surface area contributed by atoms with E-state index in [9.17, 15) is 0 Å². The molecule has 0 spiro atoms. The molecule has 0 unspecified atom stereocenters. The highest BCUT2D eigenvalue weighted by atomic mass is 16.3. The van der Waals surface area contributed by atoms with Crippen LogP contribution in [0, 0.1) is 0 Å². The molecule has 0 saturated carbocycles. The fraction of sp³-hybridized carbons (Fsp3) is 0. The summed E-state index contributed by atoms with van der Waals surface area (Å²) in [5, 5.41) is 17.5. The minimum atomic E-state index is 0.898. The zero-order valence-electron chi connectivity index (χ0n) is 35.9. The molecule has 2 nitrogen and oxygen atoms in total. The zero-order valence-corrected chi connectivity index (χ0v) is 35.9. The van der Waals surface area contributed by atoms with Crippen LogP contribution in [0.5, 0.6) is 0 Å². The quantitative estimate of drug-likeness (QED) is 0.155. The smallest absolute Gasteiger partial charge is 0.136 e. The molecule has 0 aliphatic carbocycles. The zero-order chi connectivity index (χ0) is 43.3. The van der Waals surface area contributed by atoms with E-state index in [1.54, 1.807) is 0 Å². The van der Waals surface area contributed by atoms with Gasteiger partial charge in [0.2, 0.25) is 0 Å². The van der Waals surface area contributed by atoms with Gasteiger partial charge in [-0.1, -0.05) is 188 Å². The lowest BCUT2D eigenvalue weighted by Crippen LogP contribution is -2.10. The molecule has 306 valence electrons. The van der Waals surface area contributed by atoms with Gasteiger partial charge in [-0.25, -0.2) is 0 Å². The molecule has 0 fully saturated rings. The number of para-hydroxylation sites is 1. The largest absolute Gasteiger partial charge is 0.456 e. The molecule has 13 aromatic carbocycles. The van der Waals surface area contributed by atoms with Gasteiger partial charge in [0.05, 0.1) is 5.69 Å². The number of benzene rings is 12. The van der Waals surface area contributed by atoms with Crippen molar-refractivity contribution in [1.29, 1.82) is 0 Å². The lowest BCUT2D eigenvalue weighted by Gasteiger charge is -2.28. The first-order valence-corrected chi connectivity index (χ1v) is 22.7. The van der Waals surface area contributed by atoms with E-state index >= 15 is 0 Å². The Labute approximate surface area is 381 Å². The van der Waals surface area contributed by atoms with Gasteiger partial charge in [-0.15, -0.1) is 0 Å². The number of fused-ring (bicyclic) bond motifs is 5. The molecule has 0 aliphatic rings. The molecule has 1 aromatic heterocycles. The minimum absolute atomic E-state index is 0.898. The maximum absolute atomic E-state index is 6.32. The van der Waals surface area contributed by atoms with E-state index in [1.807, 2.05) is 12.1 Å². The molecule has 2 heteroatoms. The third kappa shape index (κ3) is 5.62. The first-order valence-electron chi connectivity index (χ1n) is 22.7. The first kappa shape index (κ1) is 36.7. The van der Waals surface area contributed by atoms with Crippen LogP contribution in [0.1, 0.15) is 0 Å². The number of furan rings is 1. The Balaban J connectivity index is 0.983. The molecule has 1 heterocycles. The molecule has 66 heavy (non-hydrogen) atoms. The fourth-order valence-corrected chi connectivity index (χ4v) is 10.9. The van der Waals surface area contributed by atoms with Gasteiger partial charge < -0.3 is 9.32 Å². The van der Waals surface area contributed by atoms with Crippen LogP contribution < -0.4 is 4.90 Å². The van der Waals surface area contributed by atoms with E-state index in [-0.39, 0.29) is 0 Å². The second-order valence-electron chi connectivity index (χ2n) is 17.6. The Morgan fingerprint density at radius 3 is 1.29 bits per heavy atom. The van der Waals surface area contributed by atoms with Crippen molar-refractivity contribution in [2.45, 2.75) is 0 Å². The molecule has 0 aliphatic heterocycles. The lowest BCUT2D eigenvalue weighted by atomic mass is 9.87. The van der Waals surface area contributed by atoms with Crippen LogP contribution in [-0.4, -0.2) is 0 Å². The summed E-state index contributed by atoms with van der Waals surface area (Å²) in [7, 11) is 0. The Morgan fingerprint density at radius 1 is 0.242 bits per heavy atom. The molecule has 0 atom stereocenters. The predicted molar refractivity (Wildman–Crippen MR) is 281 cm³/mol. The van der Waals surface area contributed by atoms with Gasteiger partial charge in [0, 0.05) is 32.9 Å². The molecule has 0 bridgehead atoms. The summed E-state index contributed by atoms with van der Waals surface area (Å²) in [4.78, 5) is 2.45. The average Bonchev–Trinajstić information content (AvgIpc) is 3.76. The predicted octanol–water partition coefficient (Wildman–Crippen LogP) is 18.4. The van der Waals surface area contributed by atoms with Crippen LogP contribution in [0.2, 0.25) is 0 Å². The second kappa shape index (κ2) is 14.4. The monoisotopic (exact) mass is 837 g/mol. The summed E-state index contributed by atoms with van der Waals surface area (Å²) in [6, 6.07) is 86.8. The van der Waals surface area contributed by atoms with Crippen molar-refractivity contribution in [3.63, 3.8) is 0 Å². The molecule has 0 saturated heterocycles. The molecular formula is C64H39NO. The summed E-state index contributed by atoms with van der Waals surface area (Å²) in [5.41, 5.74) is 12.2. The number of hydrogen-bond donors (Lipinski definition) is 0. The highest BCUT2D eigenvalue weighted by Crippen LogP contribution is 2.48. The van der Waals surface area contributed by atoms with Crippen LogP contribution in [0.25, 0.3) is 120 Å². The van der Waals surface area contributed by atoms with Crippen molar-refractivity contribution < 1.29 is 4.42 Å². The van der Waals surface area contributed by atoms with Crippen molar-refractivity contribution >= 4 is 104 Å². The first-order chi connectivity index (χ1) is 32.7. The van der Waals surface area contributed by atoms with Crippen LogP contribution in [0.3, 0.4) is 0 Å². The van der Waals surface area contributed by atoms with Crippen molar-refractivity contribution in [1.82, 2.24) is 0 Å². The third-order valence-electron chi connectivity index (χ3n) is 14.0. The standard InChI is InChI=1S/C64H39NO/c1-2-10-40(11-3-1)41-22-24-42(25-23-41)43-28-33-49(34-29-43)65(50-35-30-44(31-36-50)47-32-37-52-51-15-4-5-21-59(51)66-60(52)39-47)58-38-48-14-8-18-54-53-16-6-12-45-26-27-46-13-7-17-55(62(46)61(45)53)56-19-9-20-57(58)64(56)63(48)54/h1-39H. The summed E-state index contributed by atoms with van der Waals surface area (Å²) in [6.45, 7) is 0. The maximum atomic E-state index is 6.32. The van der Waals surface area contributed by atoms with Crippen molar-refractivity contribution in [3.8, 4) is 33.4 Å². The summed E-state index contributed by atoms with van der Waals surface area (Å²) in [6.07, 6.45) is 0. The van der Waals surface area contributed by atoms with Crippen LogP contribution in [-0.2, 0) is 0 Å². The van der Waals surface area contributed by atoms with Crippen molar-refractivity contribution in [2.75, 3.05) is 4.90 Å². The molecule has 14 aromatic rings. The van der Waals surface area contributed by atoms with Crippen LogP contribution >= 0.6 is 0 Å². The third-order valence-corrected chi connectivity index (χ3v) is 14.0. The van der Waals surface area contributed by atoms with E-state index in [0.717, 1.165) is 50.1 Å². The molecular weight excluding hydrogens is 799 g/mol. The lowest BCUT2D eigenvalue weighted by molar-refractivity contribution is 0.669. The number of rotatable bonds is 6. The summed E-state index contributed by atoms with van der Waals surface area (Å²) < 4.78 is 6.32. The van der Waals surface area contributed by atoms with E-state index in [2.05, 4.69) is 229 Å². The second-order valence-corrected chi connectivity index (χ2v) is 17.6. The fourth-order valence-electron chi connectivity index (χ4n) is 10.9. The molecule has 0 amide bonds. The van der Waals surface area contributed by atoms with E-state index in [1.165, 1.54) is 86.9 Å². The molecule has 0 radical (unpaired) electrons. The SMILES string of the molecule is c1ccc(-c2ccc(-c3ccc(N(c4ccc(-c5ccc6c(c5)oc5ccccc56)cc4)c4cc5cccc6c7cccc8ccc9cccc(c%10cccc4c%10c56)c9c87)cc3)cc2)cc1. The van der Waals surface area contributed by atoms with Crippen LogP contribution in [0.15, 0.2) is 241 Å². The number of anilines is 3. The van der Waals surface area contributed by atoms with Crippen molar-refractivity contribution in [3.05, 3.63) is 237 Å². The Hall–Kier alpha value is -8.72. The van der Waals surface area contributed by atoms with Gasteiger partial charge >= 0.3 is 0 Å². The van der Waals surface area contributed by atoms with Gasteiger partial charge in [0.25, 0.3) is 0 Å². The normalized spacial score (nSPS) is 11.9. The van der Waals surface area contributed by atoms with Gasteiger partial charge in [0.1, 0.15) is 11.2 Å². The minimum Gasteiger partial charge on any atom is -0.456 e. The van der Waals surface area contributed by atoms with Gasteiger partial charge in [-0.2, -0.15) is 0 Å². The van der Waals surface area contributed by atoms with Gasteiger partial charge in [0.15, 0.2) is 0 Å². The van der Waals surface area contributed by atoms with Gasteiger partial charge in [-0.3, -0.25) is 0 Å². The average molecular weight is 838 g/mol. The Kier molecular flexibility index (Phi) is 8.02. The highest BCUT2D eigenvalue weighted by Gasteiger charge is 2.22. The van der Waals surface area contributed by atoms with Gasteiger partial charge in [-0.05, 0) is 136 Å². The van der Waals surface area contributed by atoms with E-state index < -0.39 is 0 Å².